The van der Waals surface area contributed by atoms with Crippen LogP contribution in [0.5, 0.6) is 0 Å². The van der Waals surface area contributed by atoms with E-state index in [0.717, 1.165) is 28.2 Å². The van der Waals surface area contributed by atoms with E-state index < -0.39 is 15.1 Å². The molecule has 0 aliphatic carbocycles. The number of aromatic nitrogens is 1. The molecule has 1 aliphatic rings. The molecule has 0 fully saturated rings. The van der Waals surface area contributed by atoms with Gasteiger partial charge < -0.3 is 4.90 Å². The Balaban J connectivity index is 1.51. The van der Waals surface area contributed by atoms with Crippen molar-refractivity contribution in [3.05, 3.63) is 71.2 Å². The molecular formula is C21H20N2O3S2. The molecule has 0 saturated carbocycles. The molecule has 1 atom stereocenters. The maximum atomic E-state index is 12.9. The Morgan fingerprint density at radius 2 is 1.86 bits per heavy atom. The van der Waals surface area contributed by atoms with Gasteiger partial charge in [0.25, 0.3) is 0 Å². The summed E-state index contributed by atoms with van der Waals surface area (Å²) < 4.78 is 25.7. The number of nitrogens with zero attached hydrogens (tertiary/aromatic N) is 2. The maximum Gasteiger partial charge on any atom is 0.245 e. The summed E-state index contributed by atoms with van der Waals surface area (Å²) in [6, 6.07) is 17.3. The number of hydrogen-bond donors (Lipinski definition) is 0. The third kappa shape index (κ3) is 3.59. The average molecular weight is 413 g/mol. The number of carbonyl (C=O) groups is 1. The summed E-state index contributed by atoms with van der Waals surface area (Å²) in [6.45, 7) is 2.00. The van der Waals surface area contributed by atoms with E-state index in [-0.39, 0.29) is 11.7 Å². The van der Waals surface area contributed by atoms with Gasteiger partial charge in [0.1, 0.15) is 10.3 Å². The molecule has 1 amide bonds. The van der Waals surface area contributed by atoms with E-state index in [1.165, 1.54) is 18.3 Å². The van der Waals surface area contributed by atoms with Gasteiger partial charge in [0, 0.05) is 23.2 Å². The van der Waals surface area contributed by atoms with Gasteiger partial charge in [-0.3, -0.25) is 4.79 Å². The second-order valence-electron chi connectivity index (χ2n) is 6.83. The number of fused-ring (bicyclic) bond motifs is 1. The quantitative estimate of drug-likeness (QED) is 0.641. The van der Waals surface area contributed by atoms with Crippen molar-refractivity contribution in [2.24, 2.45) is 0 Å². The number of para-hydroxylation sites is 1. The Kier molecular flexibility index (Phi) is 5.03. The van der Waals surface area contributed by atoms with Crippen LogP contribution in [-0.2, 0) is 26.8 Å². The zero-order valence-electron chi connectivity index (χ0n) is 15.4. The average Bonchev–Trinajstić information content (AvgIpc) is 3.34. The van der Waals surface area contributed by atoms with E-state index in [9.17, 15) is 13.2 Å². The molecule has 0 spiro atoms. The van der Waals surface area contributed by atoms with Crippen LogP contribution in [0.25, 0.3) is 10.6 Å². The van der Waals surface area contributed by atoms with Crippen LogP contribution in [0.1, 0.15) is 18.2 Å². The van der Waals surface area contributed by atoms with E-state index in [1.807, 2.05) is 54.6 Å². The topological polar surface area (TPSA) is 67.3 Å². The summed E-state index contributed by atoms with van der Waals surface area (Å²) in [5, 5.41) is 1.42. The molecular weight excluding hydrogens is 392 g/mol. The summed E-state index contributed by atoms with van der Waals surface area (Å²) in [4.78, 5) is 18.9. The zero-order valence-corrected chi connectivity index (χ0v) is 17.0. The van der Waals surface area contributed by atoms with Crippen molar-refractivity contribution in [2.75, 3.05) is 11.4 Å². The smallest absolute Gasteiger partial charge is 0.245 e. The normalized spacial score (nSPS) is 14.7. The van der Waals surface area contributed by atoms with Crippen LogP contribution in [0.2, 0.25) is 0 Å². The predicted octanol–water partition coefficient (Wildman–Crippen LogP) is 3.70. The molecule has 144 valence electrons. The highest BCUT2D eigenvalue weighted by molar-refractivity contribution is 7.92. The van der Waals surface area contributed by atoms with Crippen LogP contribution >= 0.6 is 11.3 Å². The van der Waals surface area contributed by atoms with Crippen LogP contribution in [0, 0.1) is 0 Å². The molecule has 0 bridgehead atoms. The predicted molar refractivity (Wildman–Crippen MR) is 112 cm³/mol. The molecule has 0 N–H and O–H groups in total. The van der Waals surface area contributed by atoms with Crippen molar-refractivity contribution in [1.82, 2.24) is 4.98 Å². The SMILES string of the molecule is C[C@H](C(=O)N1CCc2ccccc21)S(=O)(=O)Cc1csc(-c2ccccc2)n1. The summed E-state index contributed by atoms with van der Waals surface area (Å²) in [5.41, 5.74) is 3.32. The summed E-state index contributed by atoms with van der Waals surface area (Å²) in [7, 11) is -3.67. The fraction of sp³-hybridized carbons (Fsp3) is 0.238. The molecule has 7 heteroatoms. The van der Waals surface area contributed by atoms with E-state index in [0.29, 0.717) is 12.2 Å². The number of rotatable bonds is 5. The van der Waals surface area contributed by atoms with Crippen molar-refractivity contribution in [3.63, 3.8) is 0 Å². The second kappa shape index (κ2) is 7.48. The van der Waals surface area contributed by atoms with E-state index in [2.05, 4.69) is 4.98 Å². The second-order valence-corrected chi connectivity index (χ2v) is 10.0. The van der Waals surface area contributed by atoms with Crippen molar-refractivity contribution < 1.29 is 13.2 Å². The Morgan fingerprint density at radius 1 is 1.14 bits per heavy atom. The molecule has 2 heterocycles. The molecule has 1 aromatic heterocycles. The summed E-state index contributed by atoms with van der Waals surface area (Å²) >= 11 is 1.41. The molecule has 5 nitrogen and oxygen atoms in total. The number of amides is 1. The highest BCUT2D eigenvalue weighted by atomic mass is 32.2. The molecule has 2 aromatic carbocycles. The van der Waals surface area contributed by atoms with Crippen LogP contribution in [0.3, 0.4) is 0 Å². The first-order valence-corrected chi connectivity index (χ1v) is 11.7. The fourth-order valence-corrected chi connectivity index (χ4v) is 5.53. The monoisotopic (exact) mass is 412 g/mol. The highest BCUT2D eigenvalue weighted by Crippen LogP contribution is 2.29. The van der Waals surface area contributed by atoms with Gasteiger partial charge in [-0.25, -0.2) is 13.4 Å². The minimum absolute atomic E-state index is 0.237. The molecule has 4 rings (SSSR count). The molecule has 28 heavy (non-hydrogen) atoms. The molecule has 0 saturated heterocycles. The van der Waals surface area contributed by atoms with Gasteiger partial charge >= 0.3 is 0 Å². The largest absolute Gasteiger partial charge is 0.311 e. The maximum absolute atomic E-state index is 12.9. The van der Waals surface area contributed by atoms with E-state index in [1.54, 1.807) is 10.3 Å². The highest BCUT2D eigenvalue weighted by Gasteiger charge is 2.35. The van der Waals surface area contributed by atoms with Gasteiger partial charge in [-0.05, 0) is 25.0 Å². The van der Waals surface area contributed by atoms with Crippen LogP contribution < -0.4 is 4.90 Å². The third-order valence-corrected chi connectivity index (χ3v) is 7.88. The standard InChI is InChI=1S/C21H20N2O3S2/c1-15(21(24)23-12-11-16-7-5-6-10-19(16)23)28(25,26)14-18-13-27-20(22-18)17-8-3-2-4-9-17/h2-10,13,15H,11-12,14H2,1H3/t15-/m1/s1. The van der Waals surface area contributed by atoms with E-state index >= 15 is 0 Å². The van der Waals surface area contributed by atoms with Gasteiger partial charge in [0.05, 0.1) is 11.4 Å². The number of thiazole rings is 1. The molecule has 1 aliphatic heterocycles. The van der Waals surface area contributed by atoms with Crippen molar-refractivity contribution in [2.45, 2.75) is 24.3 Å². The Labute approximate surface area is 168 Å². The van der Waals surface area contributed by atoms with Crippen molar-refractivity contribution in [3.8, 4) is 10.6 Å². The lowest BCUT2D eigenvalue weighted by Gasteiger charge is -2.21. The van der Waals surface area contributed by atoms with Crippen LogP contribution in [-0.4, -0.2) is 31.1 Å². The fourth-order valence-electron chi connectivity index (χ4n) is 3.36. The third-order valence-electron chi connectivity index (χ3n) is 4.96. The van der Waals surface area contributed by atoms with Crippen LogP contribution in [0.15, 0.2) is 60.0 Å². The van der Waals surface area contributed by atoms with Gasteiger partial charge in [0.15, 0.2) is 9.84 Å². The first-order chi connectivity index (χ1) is 13.5. The number of anilines is 1. The number of carbonyl (C=O) groups excluding carboxylic acids is 1. The lowest BCUT2D eigenvalue weighted by Crippen LogP contribution is -2.41. The Bertz CT molecular complexity index is 1110. The summed E-state index contributed by atoms with van der Waals surface area (Å²) in [5.74, 6) is -0.609. The zero-order chi connectivity index (χ0) is 19.7. The van der Waals surface area contributed by atoms with Crippen LogP contribution in [0.4, 0.5) is 5.69 Å². The molecule has 0 unspecified atom stereocenters. The number of hydrogen-bond acceptors (Lipinski definition) is 5. The minimum Gasteiger partial charge on any atom is -0.311 e. The minimum atomic E-state index is -3.67. The lowest BCUT2D eigenvalue weighted by atomic mass is 10.2. The van der Waals surface area contributed by atoms with E-state index in [4.69, 9.17) is 0 Å². The van der Waals surface area contributed by atoms with Gasteiger partial charge in [-0.15, -0.1) is 11.3 Å². The van der Waals surface area contributed by atoms with Crippen molar-refractivity contribution >= 4 is 32.8 Å². The van der Waals surface area contributed by atoms with Crippen molar-refractivity contribution in [1.29, 1.82) is 0 Å². The summed E-state index contributed by atoms with van der Waals surface area (Å²) in [6.07, 6.45) is 0.751. The first kappa shape index (κ1) is 18.8. The van der Waals surface area contributed by atoms with Gasteiger partial charge in [0.2, 0.25) is 5.91 Å². The Hall–Kier alpha value is -2.51. The lowest BCUT2D eigenvalue weighted by molar-refractivity contribution is -0.117. The first-order valence-electron chi connectivity index (χ1n) is 9.06. The Morgan fingerprint density at radius 3 is 2.64 bits per heavy atom. The number of benzene rings is 2. The van der Waals surface area contributed by atoms with Gasteiger partial charge in [-0.1, -0.05) is 48.5 Å². The van der Waals surface area contributed by atoms with Gasteiger partial charge in [-0.2, -0.15) is 0 Å². The number of sulfone groups is 1. The molecule has 3 aromatic rings. The molecule has 0 radical (unpaired) electrons.